The Kier molecular flexibility index (Phi) is 8.32. The number of hydrogen-bond acceptors (Lipinski definition) is 0. The van der Waals surface area contributed by atoms with Crippen LogP contribution in [0.4, 0.5) is 0 Å². The van der Waals surface area contributed by atoms with Gasteiger partial charge in [-0.05, 0) is 0 Å². The van der Waals surface area contributed by atoms with E-state index >= 15 is 0 Å². The van der Waals surface area contributed by atoms with Gasteiger partial charge in [0.05, 0.1) is 0 Å². The van der Waals surface area contributed by atoms with Gasteiger partial charge in [0.1, 0.15) is 0 Å². The van der Waals surface area contributed by atoms with Gasteiger partial charge >= 0.3 is 37.1 Å². The van der Waals surface area contributed by atoms with Crippen LogP contribution in [0.1, 0.15) is 21.3 Å². The van der Waals surface area contributed by atoms with Crippen molar-refractivity contribution in [2.75, 3.05) is 0 Å². The molecule has 1 heteroatoms. The maximum atomic E-state index is 2.12. The van der Waals surface area contributed by atoms with E-state index in [1.165, 1.54) is 3.90 Å². The van der Waals surface area contributed by atoms with Crippen molar-refractivity contribution in [3.05, 3.63) is 0 Å². The van der Waals surface area contributed by atoms with Crippen LogP contribution in [0, 0.1) is 0 Å². The molecule has 0 N–H and O–H groups in total. The summed E-state index contributed by atoms with van der Waals surface area (Å²) in [6.45, 7) is 4.24. The molecule has 0 aliphatic heterocycles. The zero-order chi connectivity index (χ0) is 3.58. The fourth-order valence-corrected chi connectivity index (χ4v) is 0. The minimum atomic E-state index is 0. The molecule has 0 nitrogen and oxygen atoms in total. The van der Waals surface area contributed by atoms with Crippen LogP contribution in [0.2, 0.25) is 0 Å². The molecule has 0 aromatic heterocycles. The normalized spacial score (nSPS) is 5.20. The van der Waals surface area contributed by atoms with Crippen molar-refractivity contribution in [3.8, 4) is 0 Å². The van der Waals surface area contributed by atoms with Gasteiger partial charge in [-0.15, -0.1) is 0 Å². The van der Waals surface area contributed by atoms with Crippen LogP contribution in [0.15, 0.2) is 0 Å². The molecule has 0 amide bonds. The van der Waals surface area contributed by atoms with E-state index in [2.05, 4.69) is 13.8 Å². The second-order valence-corrected chi connectivity index (χ2v) is 3.84. The zero-order valence-corrected chi connectivity index (χ0v) is 5.84. The molecule has 0 aromatic rings. The van der Waals surface area contributed by atoms with E-state index in [1.807, 2.05) is 0 Å². The third-order valence-electron chi connectivity index (χ3n) is 0. The van der Waals surface area contributed by atoms with Gasteiger partial charge in [0.15, 0.2) is 0 Å². The SMILES string of the molecule is C.C[C](C)=[W]. The molecule has 0 aliphatic carbocycles. The van der Waals surface area contributed by atoms with Crippen molar-refractivity contribution < 1.29 is 19.4 Å². The van der Waals surface area contributed by atoms with E-state index in [1.54, 1.807) is 19.4 Å². The van der Waals surface area contributed by atoms with Gasteiger partial charge in [0.25, 0.3) is 0 Å². The summed E-state index contributed by atoms with van der Waals surface area (Å²) in [6.07, 6.45) is 0. The molecule has 0 rings (SSSR count). The fourth-order valence-electron chi connectivity index (χ4n) is 0. The molecule has 0 atom stereocenters. The molecule has 0 aliphatic rings. The second kappa shape index (κ2) is 4.56. The molecular formula is C4H10W. The summed E-state index contributed by atoms with van der Waals surface area (Å²) in [4.78, 5) is 0. The molecule has 0 spiro atoms. The summed E-state index contributed by atoms with van der Waals surface area (Å²) in [6, 6.07) is 0. The van der Waals surface area contributed by atoms with Gasteiger partial charge in [-0.2, -0.15) is 0 Å². The van der Waals surface area contributed by atoms with Crippen LogP contribution in [0.3, 0.4) is 0 Å². The van der Waals surface area contributed by atoms with Gasteiger partial charge in [-0.25, -0.2) is 0 Å². The minimum absolute atomic E-state index is 0. The fraction of sp³-hybridized carbons (Fsp3) is 0.750. The third-order valence-corrected chi connectivity index (χ3v) is 0. The van der Waals surface area contributed by atoms with Gasteiger partial charge in [-0.3, -0.25) is 0 Å². The molecule has 0 unspecified atom stereocenters. The van der Waals surface area contributed by atoms with Crippen molar-refractivity contribution >= 4 is 3.90 Å². The molecule has 0 radical (unpaired) electrons. The molecule has 0 aromatic carbocycles. The summed E-state index contributed by atoms with van der Waals surface area (Å²) in [5.41, 5.74) is 0. The average Bonchev–Trinajstić information content (AvgIpc) is 0.811. The predicted molar refractivity (Wildman–Crippen MR) is 23.1 cm³/mol. The monoisotopic (exact) mass is 242 g/mol. The molecule has 0 saturated heterocycles. The van der Waals surface area contributed by atoms with Crippen LogP contribution in [0.25, 0.3) is 0 Å². The van der Waals surface area contributed by atoms with Crippen molar-refractivity contribution in [1.82, 2.24) is 0 Å². The number of hydrogen-bond donors (Lipinski definition) is 0. The average molecular weight is 242 g/mol. The number of rotatable bonds is 0. The molecule has 0 bridgehead atoms. The van der Waals surface area contributed by atoms with E-state index < -0.39 is 0 Å². The predicted octanol–water partition coefficient (Wildman–Crippen LogP) is 1.38. The second-order valence-electron chi connectivity index (χ2n) is 0.908. The van der Waals surface area contributed by atoms with Crippen molar-refractivity contribution in [2.24, 2.45) is 0 Å². The first-order chi connectivity index (χ1) is 1.73. The Morgan fingerprint density at radius 1 is 1.40 bits per heavy atom. The van der Waals surface area contributed by atoms with Crippen LogP contribution in [0.5, 0.6) is 0 Å². The molecule has 32 valence electrons. The van der Waals surface area contributed by atoms with Gasteiger partial charge in [0, 0.05) is 0 Å². The quantitative estimate of drug-likeness (QED) is 0.602. The molecule has 0 saturated carbocycles. The van der Waals surface area contributed by atoms with Crippen LogP contribution < -0.4 is 0 Å². The first kappa shape index (κ1) is 9.12. The van der Waals surface area contributed by atoms with Crippen LogP contribution in [-0.4, -0.2) is 3.90 Å². The Morgan fingerprint density at radius 2 is 1.40 bits per heavy atom. The zero-order valence-electron chi connectivity index (χ0n) is 2.91. The Morgan fingerprint density at radius 3 is 1.40 bits per heavy atom. The summed E-state index contributed by atoms with van der Waals surface area (Å²) < 4.78 is 1.50. The summed E-state index contributed by atoms with van der Waals surface area (Å²) >= 11 is 1.59. The van der Waals surface area contributed by atoms with E-state index in [9.17, 15) is 0 Å². The van der Waals surface area contributed by atoms with E-state index in [0.29, 0.717) is 0 Å². The third kappa shape index (κ3) is 95.7. The Hall–Kier alpha value is 0.558. The van der Waals surface area contributed by atoms with Gasteiger partial charge < -0.3 is 0 Å². The first-order valence-corrected chi connectivity index (χ1v) is 2.67. The summed E-state index contributed by atoms with van der Waals surface area (Å²) in [5, 5.41) is 0. The molecule has 0 fully saturated rings. The molecular weight excluding hydrogens is 232 g/mol. The van der Waals surface area contributed by atoms with E-state index in [4.69, 9.17) is 0 Å². The van der Waals surface area contributed by atoms with E-state index in [-0.39, 0.29) is 7.43 Å². The topological polar surface area (TPSA) is 0 Å². The maximum absolute atomic E-state index is 2.12. The molecule has 0 heterocycles. The van der Waals surface area contributed by atoms with Crippen molar-refractivity contribution in [3.63, 3.8) is 0 Å². The Balaban J connectivity index is 0. The first-order valence-electron chi connectivity index (χ1n) is 1.20. The van der Waals surface area contributed by atoms with Crippen molar-refractivity contribution in [1.29, 1.82) is 0 Å². The molecule has 5 heavy (non-hydrogen) atoms. The summed E-state index contributed by atoms with van der Waals surface area (Å²) in [7, 11) is 0. The summed E-state index contributed by atoms with van der Waals surface area (Å²) in [5.74, 6) is 0. The Bertz CT molecular complexity index is 26.6. The van der Waals surface area contributed by atoms with E-state index in [0.717, 1.165) is 0 Å². The van der Waals surface area contributed by atoms with Crippen molar-refractivity contribution in [2.45, 2.75) is 21.3 Å². The van der Waals surface area contributed by atoms with Crippen LogP contribution >= 0.6 is 0 Å². The Labute approximate surface area is 45.0 Å². The van der Waals surface area contributed by atoms with Gasteiger partial charge in [-0.1, -0.05) is 7.43 Å². The van der Waals surface area contributed by atoms with Gasteiger partial charge in [0.2, 0.25) is 0 Å². The van der Waals surface area contributed by atoms with Crippen LogP contribution in [-0.2, 0) is 19.4 Å². The standard InChI is InChI=1S/C3H6.CH4.W/c1-3-2;;/h1-2H3;1H4;.